The first-order valence-electron chi connectivity index (χ1n) is 13.1. The molecule has 6 rings (SSSR count). The highest BCUT2D eigenvalue weighted by Crippen LogP contribution is 2.63. The average molecular weight is 521 g/mol. The van der Waals surface area contributed by atoms with Crippen molar-refractivity contribution < 1.29 is 34.8 Å². The Morgan fingerprint density at radius 2 is 1.84 bits per heavy atom. The molecule has 1 spiro atoms. The molecule has 0 aromatic heterocycles. The molecule has 4 aliphatic rings. The first-order valence-corrected chi connectivity index (χ1v) is 13.1. The lowest BCUT2D eigenvalue weighted by atomic mass is 9.53. The Hall–Kier alpha value is -3.56. The van der Waals surface area contributed by atoms with Gasteiger partial charge in [-0.05, 0) is 87.9 Å². The molecule has 2 heterocycles. The molecule has 1 saturated heterocycles. The Morgan fingerprint density at radius 3 is 2.50 bits per heavy atom. The van der Waals surface area contributed by atoms with Crippen molar-refractivity contribution in [2.24, 2.45) is 5.92 Å². The molecule has 1 saturated carbocycles. The molecule has 2 aliphatic heterocycles. The topological polar surface area (TPSA) is 140 Å². The Labute approximate surface area is 220 Å². The number of ether oxygens (including phenoxy) is 1. The number of nitrogens with zero attached hydrogens (tertiary/aromatic N) is 1. The molecule has 5 N–H and O–H groups in total. The van der Waals surface area contributed by atoms with Crippen molar-refractivity contribution in [3.8, 4) is 11.5 Å². The summed E-state index contributed by atoms with van der Waals surface area (Å²) in [5.41, 5.74) is -0.169. The van der Waals surface area contributed by atoms with Gasteiger partial charge in [0.15, 0.2) is 17.6 Å². The second-order valence-corrected chi connectivity index (χ2v) is 11.3. The molecule has 0 radical (unpaired) electrons. The quantitative estimate of drug-likeness (QED) is 0.289. The maximum Gasteiger partial charge on any atom is 0.335 e. The molecule has 4 atom stereocenters. The van der Waals surface area contributed by atoms with Crippen LogP contribution in [-0.2, 0) is 16.6 Å². The van der Waals surface area contributed by atoms with E-state index in [2.05, 4.69) is 10.2 Å². The number of phenolic OH excluding ortho intramolecular Hbond substituents is 1. The van der Waals surface area contributed by atoms with Crippen LogP contribution in [-0.4, -0.2) is 68.0 Å². The van der Waals surface area contributed by atoms with E-state index in [1.165, 1.54) is 44.0 Å². The molecule has 0 unspecified atom stereocenters. The highest BCUT2D eigenvalue weighted by atomic mass is 16.5. The van der Waals surface area contributed by atoms with Gasteiger partial charge in [-0.15, -0.1) is 0 Å². The lowest BCUT2D eigenvalue weighted by Gasteiger charge is -2.59. The Balaban J connectivity index is 1.38. The van der Waals surface area contributed by atoms with Crippen molar-refractivity contribution in [1.29, 1.82) is 0 Å². The Morgan fingerprint density at radius 1 is 1.13 bits per heavy atom. The normalized spacial score (nSPS) is 30.2. The fourth-order valence-electron chi connectivity index (χ4n) is 6.81. The number of carbonyl (C=O) groups is 2. The second-order valence-electron chi connectivity index (χ2n) is 11.3. The van der Waals surface area contributed by atoms with Crippen molar-refractivity contribution in [3.05, 3.63) is 64.4 Å². The van der Waals surface area contributed by atoms with Gasteiger partial charge < -0.3 is 30.5 Å². The van der Waals surface area contributed by atoms with E-state index < -0.39 is 29.0 Å². The highest BCUT2D eigenvalue weighted by Gasteiger charge is 2.69. The number of piperidine rings is 1. The molecule has 2 aromatic carbocycles. The zero-order valence-corrected chi connectivity index (χ0v) is 21.4. The van der Waals surface area contributed by atoms with Crippen LogP contribution in [0.2, 0.25) is 0 Å². The standard InChI is InChI=1S/C29H32N2O7/c1-15(26(34)30-19-8-5-17(6-9-19)27(35)36)23(33)25-29-11-12-31(14-16-3-4-16)21(28(29,2)37)13-18-7-10-20(32)24(38-25)22(18)29/h5-10,16,21,25,32-33,37H,3-4,11-14H2,1-2H3,(H,30,34)(H,35,36)/b23-15-/t21-,25+,28-,29+/m1/s1. The van der Waals surface area contributed by atoms with E-state index in [1.807, 2.05) is 6.07 Å². The third kappa shape index (κ3) is 3.52. The minimum absolute atomic E-state index is 0.0128. The number of carbonyl (C=O) groups excluding carboxylic acids is 1. The molecule has 1 amide bonds. The molecule has 200 valence electrons. The molecule has 2 aromatic rings. The van der Waals surface area contributed by atoms with Crippen LogP contribution in [0.15, 0.2) is 47.7 Å². The van der Waals surface area contributed by atoms with Crippen LogP contribution in [0.1, 0.15) is 54.6 Å². The van der Waals surface area contributed by atoms with E-state index in [1.54, 1.807) is 13.0 Å². The SMILES string of the molecule is C/C(C(=O)Nc1ccc(C(=O)O)cc1)=C(/O)[C@@H]1Oc2c(O)ccc3c2[C@@]12CCN(CC1CC1)[C@H](C3)[C@@]2(C)O. The van der Waals surface area contributed by atoms with Crippen LogP contribution in [0, 0.1) is 5.92 Å². The number of aromatic carboxylic acids is 1. The number of aliphatic hydroxyl groups excluding tert-OH is 1. The third-order valence-electron chi connectivity index (χ3n) is 9.10. The number of carboxylic acid groups (broad SMARTS) is 1. The first-order chi connectivity index (χ1) is 18.0. The Kier molecular flexibility index (Phi) is 5.52. The van der Waals surface area contributed by atoms with Gasteiger partial charge in [0.1, 0.15) is 5.76 Å². The first kappa shape index (κ1) is 24.8. The zero-order valence-electron chi connectivity index (χ0n) is 21.4. The summed E-state index contributed by atoms with van der Waals surface area (Å²) in [7, 11) is 0. The van der Waals surface area contributed by atoms with E-state index in [-0.39, 0.29) is 34.4 Å². The summed E-state index contributed by atoms with van der Waals surface area (Å²) < 4.78 is 6.25. The van der Waals surface area contributed by atoms with E-state index in [0.29, 0.717) is 31.0 Å². The number of aromatic hydroxyl groups is 1. The van der Waals surface area contributed by atoms with Crippen LogP contribution >= 0.6 is 0 Å². The van der Waals surface area contributed by atoms with Crippen molar-refractivity contribution in [1.82, 2.24) is 4.90 Å². The average Bonchev–Trinajstić information content (AvgIpc) is 3.62. The van der Waals surface area contributed by atoms with Gasteiger partial charge in [0.05, 0.1) is 22.2 Å². The smallest absolute Gasteiger partial charge is 0.335 e. The van der Waals surface area contributed by atoms with Gasteiger partial charge in [-0.3, -0.25) is 9.69 Å². The maximum absolute atomic E-state index is 13.1. The number of fused-ring (bicyclic) bond motifs is 1. The predicted molar refractivity (Wildman–Crippen MR) is 139 cm³/mol. The molecular weight excluding hydrogens is 488 g/mol. The number of phenols is 1. The second kappa shape index (κ2) is 8.47. The Bertz CT molecular complexity index is 1360. The predicted octanol–water partition coefficient (Wildman–Crippen LogP) is 3.35. The summed E-state index contributed by atoms with van der Waals surface area (Å²) in [5.74, 6) is -1.11. The van der Waals surface area contributed by atoms with Gasteiger partial charge in [0.25, 0.3) is 5.91 Å². The van der Waals surface area contributed by atoms with Crippen LogP contribution in [0.5, 0.6) is 11.5 Å². The number of hydrogen-bond donors (Lipinski definition) is 5. The van der Waals surface area contributed by atoms with Gasteiger partial charge in [0.2, 0.25) is 0 Å². The number of amides is 1. The van der Waals surface area contributed by atoms with E-state index in [0.717, 1.165) is 17.7 Å². The molecule has 9 nitrogen and oxygen atoms in total. The number of rotatable bonds is 6. The van der Waals surface area contributed by atoms with E-state index in [9.17, 15) is 24.9 Å². The number of carboxylic acids is 1. The van der Waals surface area contributed by atoms with Gasteiger partial charge in [-0.25, -0.2) is 4.79 Å². The van der Waals surface area contributed by atoms with Crippen molar-refractivity contribution in [2.75, 3.05) is 18.4 Å². The monoisotopic (exact) mass is 520 g/mol. The van der Waals surface area contributed by atoms with E-state index in [4.69, 9.17) is 9.84 Å². The van der Waals surface area contributed by atoms with Gasteiger partial charge in [-0.1, -0.05) is 6.07 Å². The minimum atomic E-state index is -1.30. The zero-order chi connectivity index (χ0) is 27.0. The summed E-state index contributed by atoms with van der Waals surface area (Å²) in [4.78, 5) is 26.6. The van der Waals surface area contributed by atoms with E-state index >= 15 is 0 Å². The van der Waals surface area contributed by atoms with Gasteiger partial charge in [0, 0.05) is 23.8 Å². The van der Waals surface area contributed by atoms with Gasteiger partial charge in [-0.2, -0.15) is 0 Å². The molecule has 2 aliphatic carbocycles. The number of nitrogens with one attached hydrogen (secondary N) is 1. The summed E-state index contributed by atoms with van der Waals surface area (Å²) in [5, 5.41) is 46.3. The third-order valence-corrected chi connectivity index (χ3v) is 9.10. The maximum atomic E-state index is 13.1. The number of aliphatic hydroxyl groups is 2. The van der Waals surface area contributed by atoms with Crippen LogP contribution < -0.4 is 10.1 Å². The van der Waals surface area contributed by atoms with Crippen molar-refractivity contribution >= 4 is 17.6 Å². The molecule has 9 heteroatoms. The summed E-state index contributed by atoms with van der Waals surface area (Å²) in [6.07, 6.45) is 2.44. The lowest BCUT2D eigenvalue weighted by molar-refractivity contribution is -0.153. The molecule has 2 fully saturated rings. The summed E-state index contributed by atoms with van der Waals surface area (Å²) in [6.45, 7) is 4.91. The fraction of sp³-hybridized carbons (Fsp3) is 0.448. The number of likely N-dealkylation sites (tertiary alicyclic amines) is 1. The van der Waals surface area contributed by atoms with Crippen LogP contribution in [0.25, 0.3) is 0 Å². The number of hydrogen-bond acceptors (Lipinski definition) is 7. The van der Waals surface area contributed by atoms with Crippen molar-refractivity contribution in [3.63, 3.8) is 0 Å². The number of anilines is 1. The van der Waals surface area contributed by atoms with Gasteiger partial charge >= 0.3 is 5.97 Å². The van der Waals surface area contributed by atoms with Crippen molar-refractivity contribution in [2.45, 2.75) is 62.7 Å². The minimum Gasteiger partial charge on any atom is -0.508 e. The fourth-order valence-corrected chi connectivity index (χ4v) is 6.81. The largest absolute Gasteiger partial charge is 0.508 e. The molecular formula is C29H32N2O7. The van der Waals surface area contributed by atoms with Crippen LogP contribution in [0.3, 0.4) is 0 Å². The molecule has 2 bridgehead atoms. The summed E-state index contributed by atoms with van der Waals surface area (Å²) >= 11 is 0. The summed E-state index contributed by atoms with van der Waals surface area (Å²) in [6, 6.07) is 8.98. The highest BCUT2D eigenvalue weighted by molar-refractivity contribution is 6.04. The lowest BCUT2D eigenvalue weighted by Crippen LogP contribution is -2.73. The van der Waals surface area contributed by atoms with Crippen LogP contribution in [0.4, 0.5) is 5.69 Å². The molecule has 38 heavy (non-hydrogen) atoms. The number of benzene rings is 2.